The highest BCUT2D eigenvalue weighted by atomic mass is 19.1. The Morgan fingerprint density at radius 1 is 1.39 bits per heavy atom. The van der Waals surface area contributed by atoms with Crippen LogP contribution in [-0.2, 0) is 9.53 Å². The Labute approximate surface area is 105 Å². The van der Waals surface area contributed by atoms with Gasteiger partial charge >= 0.3 is 5.97 Å². The van der Waals surface area contributed by atoms with Crippen LogP contribution in [0.25, 0.3) is 0 Å². The summed E-state index contributed by atoms with van der Waals surface area (Å²) in [5.41, 5.74) is 0.772. The Morgan fingerprint density at radius 3 is 2.72 bits per heavy atom. The number of ether oxygens (including phenoxy) is 1. The lowest BCUT2D eigenvalue weighted by molar-refractivity contribution is -0.140. The van der Waals surface area contributed by atoms with Gasteiger partial charge in [-0.1, -0.05) is 6.07 Å². The van der Waals surface area contributed by atoms with E-state index in [1.165, 1.54) is 19.2 Å². The Morgan fingerprint density at radius 2 is 2.11 bits per heavy atom. The van der Waals surface area contributed by atoms with Crippen molar-refractivity contribution in [3.63, 3.8) is 0 Å². The zero-order chi connectivity index (χ0) is 13.5. The second kappa shape index (κ2) is 6.74. The molecular weight excluding hydrogens is 237 g/mol. The van der Waals surface area contributed by atoms with E-state index in [-0.39, 0.29) is 18.0 Å². The second-order valence-corrected chi connectivity index (χ2v) is 3.92. The van der Waals surface area contributed by atoms with Gasteiger partial charge in [0, 0.05) is 13.0 Å². The average molecular weight is 253 g/mol. The predicted octanol–water partition coefficient (Wildman–Crippen LogP) is 1.82. The Bertz CT molecular complexity index is 446. The molecule has 0 atom stereocenters. The molecule has 0 aliphatic rings. The molecule has 1 aromatic rings. The van der Waals surface area contributed by atoms with Gasteiger partial charge in [-0.05, 0) is 31.0 Å². The summed E-state index contributed by atoms with van der Waals surface area (Å²) >= 11 is 0. The Balaban J connectivity index is 2.43. The zero-order valence-corrected chi connectivity index (χ0v) is 10.5. The summed E-state index contributed by atoms with van der Waals surface area (Å²) in [5.74, 6) is -1.34. The molecule has 0 aliphatic carbocycles. The number of benzene rings is 1. The summed E-state index contributed by atoms with van der Waals surface area (Å²) in [6.07, 6.45) is 0.694. The van der Waals surface area contributed by atoms with E-state index in [0.29, 0.717) is 13.0 Å². The minimum Gasteiger partial charge on any atom is -0.469 e. The van der Waals surface area contributed by atoms with E-state index in [2.05, 4.69) is 10.1 Å². The number of esters is 1. The van der Waals surface area contributed by atoms with Crippen molar-refractivity contribution in [1.29, 1.82) is 0 Å². The highest BCUT2D eigenvalue weighted by Crippen LogP contribution is 2.09. The van der Waals surface area contributed by atoms with Crippen LogP contribution in [-0.4, -0.2) is 25.5 Å². The first-order valence-corrected chi connectivity index (χ1v) is 5.65. The first-order valence-electron chi connectivity index (χ1n) is 5.65. The number of halogens is 1. The normalized spacial score (nSPS) is 9.94. The molecule has 18 heavy (non-hydrogen) atoms. The average Bonchev–Trinajstić information content (AvgIpc) is 2.34. The number of carbonyl (C=O) groups excluding carboxylic acids is 2. The topological polar surface area (TPSA) is 55.4 Å². The number of rotatable bonds is 5. The van der Waals surface area contributed by atoms with Crippen molar-refractivity contribution >= 4 is 11.9 Å². The van der Waals surface area contributed by atoms with Crippen LogP contribution in [0.4, 0.5) is 4.39 Å². The SMILES string of the molecule is COC(=O)CCCNC(=O)c1ccc(C)cc1F. The standard InChI is InChI=1S/C13H16FNO3/c1-9-5-6-10(11(14)8-9)13(17)15-7-3-4-12(16)18-2/h5-6,8H,3-4,7H2,1-2H3,(H,15,17). The van der Waals surface area contributed by atoms with Gasteiger partial charge in [0.2, 0.25) is 0 Å². The van der Waals surface area contributed by atoms with E-state index in [1.54, 1.807) is 13.0 Å². The van der Waals surface area contributed by atoms with Crippen LogP contribution in [0.2, 0.25) is 0 Å². The van der Waals surface area contributed by atoms with E-state index in [4.69, 9.17) is 0 Å². The molecule has 0 saturated heterocycles. The van der Waals surface area contributed by atoms with Crippen molar-refractivity contribution in [1.82, 2.24) is 5.32 Å². The van der Waals surface area contributed by atoms with Gasteiger partial charge in [-0.2, -0.15) is 0 Å². The van der Waals surface area contributed by atoms with Crippen LogP contribution in [0.15, 0.2) is 18.2 Å². The highest BCUT2D eigenvalue weighted by molar-refractivity contribution is 5.94. The van der Waals surface area contributed by atoms with Gasteiger partial charge in [-0.15, -0.1) is 0 Å². The molecule has 1 N–H and O–H groups in total. The maximum absolute atomic E-state index is 13.5. The van der Waals surface area contributed by atoms with Crippen molar-refractivity contribution < 1.29 is 18.7 Å². The molecular formula is C13H16FNO3. The zero-order valence-electron chi connectivity index (χ0n) is 10.5. The van der Waals surface area contributed by atoms with Crippen LogP contribution in [0, 0.1) is 12.7 Å². The van der Waals surface area contributed by atoms with Gasteiger partial charge in [-0.25, -0.2) is 4.39 Å². The van der Waals surface area contributed by atoms with Crippen LogP contribution in [0.5, 0.6) is 0 Å². The van der Waals surface area contributed by atoms with Crippen LogP contribution in [0.3, 0.4) is 0 Å². The number of nitrogens with one attached hydrogen (secondary N) is 1. The van der Waals surface area contributed by atoms with E-state index < -0.39 is 11.7 Å². The van der Waals surface area contributed by atoms with Gasteiger partial charge in [-0.3, -0.25) is 9.59 Å². The number of hydrogen-bond donors (Lipinski definition) is 1. The lowest BCUT2D eigenvalue weighted by Gasteiger charge is -2.06. The lowest BCUT2D eigenvalue weighted by Crippen LogP contribution is -2.25. The first kappa shape index (κ1) is 14.2. The van der Waals surface area contributed by atoms with Crippen LogP contribution in [0.1, 0.15) is 28.8 Å². The number of methoxy groups -OCH3 is 1. The fourth-order valence-electron chi connectivity index (χ4n) is 1.44. The minimum atomic E-state index is -0.541. The van der Waals surface area contributed by atoms with E-state index in [1.807, 2.05) is 0 Å². The largest absolute Gasteiger partial charge is 0.469 e. The van der Waals surface area contributed by atoms with Gasteiger partial charge in [0.15, 0.2) is 0 Å². The molecule has 0 aliphatic heterocycles. The van der Waals surface area contributed by atoms with Crippen molar-refractivity contribution in [2.24, 2.45) is 0 Å². The van der Waals surface area contributed by atoms with Crippen molar-refractivity contribution in [2.75, 3.05) is 13.7 Å². The molecule has 0 fully saturated rings. The highest BCUT2D eigenvalue weighted by Gasteiger charge is 2.11. The number of aryl methyl sites for hydroxylation is 1. The maximum atomic E-state index is 13.5. The van der Waals surface area contributed by atoms with Crippen molar-refractivity contribution in [3.8, 4) is 0 Å². The molecule has 1 aromatic carbocycles. The van der Waals surface area contributed by atoms with E-state index >= 15 is 0 Å². The van der Waals surface area contributed by atoms with Crippen molar-refractivity contribution in [3.05, 3.63) is 35.1 Å². The van der Waals surface area contributed by atoms with Crippen LogP contribution < -0.4 is 5.32 Å². The fourth-order valence-corrected chi connectivity index (χ4v) is 1.44. The molecule has 98 valence electrons. The predicted molar refractivity (Wildman–Crippen MR) is 64.7 cm³/mol. The summed E-state index contributed by atoms with van der Waals surface area (Å²) in [7, 11) is 1.31. The molecule has 0 saturated carbocycles. The number of carbonyl (C=O) groups is 2. The minimum absolute atomic E-state index is 0.0127. The smallest absolute Gasteiger partial charge is 0.305 e. The molecule has 0 radical (unpaired) electrons. The molecule has 0 spiro atoms. The van der Waals surface area contributed by atoms with Crippen LogP contribution >= 0.6 is 0 Å². The maximum Gasteiger partial charge on any atom is 0.305 e. The third kappa shape index (κ3) is 4.16. The lowest BCUT2D eigenvalue weighted by atomic mass is 10.1. The molecule has 0 bridgehead atoms. The van der Waals surface area contributed by atoms with Gasteiger partial charge in [0.05, 0.1) is 12.7 Å². The monoisotopic (exact) mass is 253 g/mol. The van der Waals surface area contributed by atoms with Gasteiger partial charge in [0.25, 0.3) is 5.91 Å². The second-order valence-electron chi connectivity index (χ2n) is 3.92. The molecule has 0 heterocycles. The molecule has 4 nitrogen and oxygen atoms in total. The molecule has 1 amide bonds. The van der Waals surface area contributed by atoms with Gasteiger partial charge in [0.1, 0.15) is 5.82 Å². The molecule has 0 unspecified atom stereocenters. The summed E-state index contributed by atoms with van der Waals surface area (Å²) in [5, 5.41) is 2.55. The summed E-state index contributed by atoms with van der Waals surface area (Å²) < 4.78 is 17.9. The summed E-state index contributed by atoms with van der Waals surface area (Å²) in [6.45, 7) is 2.06. The quantitative estimate of drug-likeness (QED) is 0.643. The molecule has 5 heteroatoms. The van der Waals surface area contributed by atoms with E-state index in [9.17, 15) is 14.0 Å². The van der Waals surface area contributed by atoms with Gasteiger partial charge < -0.3 is 10.1 Å². The third-order valence-electron chi connectivity index (χ3n) is 2.44. The number of hydrogen-bond acceptors (Lipinski definition) is 3. The van der Waals surface area contributed by atoms with Crippen molar-refractivity contribution in [2.45, 2.75) is 19.8 Å². The Hall–Kier alpha value is -1.91. The number of amides is 1. The first-order chi connectivity index (χ1) is 8.54. The molecule has 0 aromatic heterocycles. The summed E-state index contributed by atoms with van der Waals surface area (Å²) in [4.78, 5) is 22.4. The summed E-state index contributed by atoms with van der Waals surface area (Å²) in [6, 6.07) is 4.43. The van der Waals surface area contributed by atoms with E-state index in [0.717, 1.165) is 5.56 Å². The third-order valence-corrected chi connectivity index (χ3v) is 2.44. The fraction of sp³-hybridized carbons (Fsp3) is 0.385. The Kier molecular flexibility index (Phi) is 5.30. The molecule has 1 rings (SSSR count).